The summed E-state index contributed by atoms with van der Waals surface area (Å²) in [5.41, 5.74) is 1.41. The van der Waals surface area contributed by atoms with Crippen molar-refractivity contribution < 1.29 is 37.0 Å². The van der Waals surface area contributed by atoms with E-state index in [0.29, 0.717) is 36.1 Å². The van der Waals surface area contributed by atoms with Crippen molar-refractivity contribution in [1.29, 1.82) is 0 Å². The molecule has 1 aliphatic heterocycles. The second-order valence-electron chi connectivity index (χ2n) is 7.22. The van der Waals surface area contributed by atoms with Gasteiger partial charge in [0.15, 0.2) is 18.1 Å². The summed E-state index contributed by atoms with van der Waals surface area (Å²) in [6, 6.07) is 9.67. The van der Waals surface area contributed by atoms with Gasteiger partial charge in [0.25, 0.3) is 5.91 Å². The number of anilines is 1. The molecule has 2 N–H and O–H groups in total. The second-order valence-corrected chi connectivity index (χ2v) is 8.99. The zero-order valence-electron chi connectivity index (χ0n) is 18.4. The summed E-state index contributed by atoms with van der Waals surface area (Å²) in [4.78, 5) is 24.0. The lowest BCUT2D eigenvalue weighted by atomic mass is 10.2. The highest BCUT2D eigenvalue weighted by molar-refractivity contribution is 7.89. The predicted octanol–water partition coefficient (Wildman–Crippen LogP) is 2.02. The maximum atomic E-state index is 12.4. The summed E-state index contributed by atoms with van der Waals surface area (Å²) in [7, 11) is -2.29. The fourth-order valence-corrected chi connectivity index (χ4v) is 4.13. The van der Waals surface area contributed by atoms with E-state index >= 15 is 0 Å². The Morgan fingerprint density at radius 1 is 1.06 bits per heavy atom. The van der Waals surface area contributed by atoms with Crippen LogP contribution in [0.5, 0.6) is 17.2 Å². The molecule has 1 heterocycles. The first-order valence-corrected chi connectivity index (χ1v) is 11.8. The average Bonchev–Trinajstić information content (AvgIpc) is 2.80. The van der Waals surface area contributed by atoms with E-state index in [0.717, 1.165) is 5.56 Å². The van der Waals surface area contributed by atoms with Crippen molar-refractivity contribution in [3.63, 3.8) is 0 Å². The lowest BCUT2D eigenvalue weighted by molar-refractivity contribution is -0.147. The normalized spacial score (nSPS) is 12.7. The number of carbonyl (C=O) groups excluding carboxylic acids is 2. The Balaban J connectivity index is 1.40. The lowest BCUT2D eigenvalue weighted by Gasteiger charge is -2.18. The van der Waals surface area contributed by atoms with Crippen LogP contribution in [0.25, 0.3) is 0 Å². The van der Waals surface area contributed by atoms with Crippen LogP contribution in [0.2, 0.25) is 0 Å². The summed E-state index contributed by atoms with van der Waals surface area (Å²) in [5.74, 6) is 0.235. The van der Waals surface area contributed by atoms with E-state index in [4.69, 9.17) is 18.9 Å². The van der Waals surface area contributed by atoms with Gasteiger partial charge in [0, 0.05) is 19.0 Å². The van der Waals surface area contributed by atoms with E-state index in [1.807, 2.05) is 13.0 Å². The third-order valence-corrected chi connectivity index (χ3v) is 6.13. The van der Waals surface area contributed by atoms with E-state index in [-0.39, 0.29) is 24.3 Å². The van der Waals surface area contributed by atoms with Crippen molar-refractivity contribution in [3.05, 3.63) is 42.0 Å². The Morgan fingerprint density at radius 2 is 1.82 bits per heavy atom. The van der Waals surface area contributed by atoms with Crippen LogP contribution in [0, 0.1) is 6.92 Å². The molecule has 10 nitrogen and oxygen atoms in total. The molecule has 0 bridgehead atoms. The Morgan fingerprint density at radius 3 is 2.58 bits per heavy atom. The first-order valence-electron chi connectivity index (χ1n) is 10.3. The molecule has 11 heteroatoms. The summed E-state index contributed by atoms with van der Waals surface area (Å²) in [6.45, 7) is 2.20. The minimum atomic E-state index is -3.78. The van der Waals surface area contributed by atoms with Gasteiger partial charge < -0.3 is 24.3 Å². The van der Waals surface area contributed by atoms with Crippen LogP contribution in [-0.4, -0.2) is 53.8 Å². The molecule has 0 saturated heterocycles. The number of nitrogens with one attached hydrogen (secondary N) is 2. The Hall–Kier alpha value is -3.31. The van der Waals surface area contributed by atoms with Crippen molar-refractivity contribution in [2.45, 2.75) is 24.7 Å². The van der Waals surface area contributed by atoms with Gasteiger partial charge in [-0.05, 0) is 43.2 Å². The topological polar surface area (TPSA) is 129 Å². The van der Waals surface area contributed by atoms with E-state index in [9.17, 15) is 18.0 Å². The highest BCUT2D eigenvalue weighted by Crippen LogP contribution is 2.32. The summed E-state index contributed by atoms with van der Waals surface area (Å²) in [6.07, 6.45) is 0.153. The van der Waals surface area contributed by atoms with E-state index < -0.39 is 28.5 Å². The molecular formula is C22H26N2O8S. The molecule has 0 atom stereocenters. The number of ether oxygens (including phenoxy) is 4. The zero-order chi connectivity index (χ0) is 23.8. The monoisotopic (exact) mass is 478 g/mol. The molecule has 1 amide bonds. The number of benzene rings is 2. The second kappa shape index (κ2) is 11.0. The number of hydrogen-bond donors (Lipinski definition) is 2. The lowest BCUT2D eigenvalue weighted by Crippen LogP contribution is -2.26. The van der Waals surface area contributed by atoms with Gasteiger partial charge in [-0.1, -0.05) is 6.07 Å². The average molecular weight is 479 g/mol. The smallest absolute Gasteiger partial charge is 0.306 e. The number of hydrogen-bond acceptors (Lipinski definition) is 8. The van der Waals surface area contributed by atoms with Crippen LogP contribution in [0.3, 0.4) is 0 Å². The molecule has 0 aromatic heterocycles. The van der Waals surface area contributed by atoms with Crippen molar-refractivity contribution >= 4 is 27.6 Å². The van der Waals surface area contributed by atoms with E-state index in [1.54, 1.807) is 12.1 Å². The molecule has 2 aromatic rings. The number of esters is 1. The fourth-order valence-electron chi connectivity index (χ4n) is 3.04. The number of sulfonamides is 1. The highest BCUT2D eigenvalue weighted by Gasteiger charge is 2.19. The van der Waals surface area contributed by atoms with Crippen LogP contribution >= 0.6 is 0 Å². The predicted molar refractivity (Wildman–Crippen MR) is 119 cm³/mol. The van der Waals surface area contributed by atoms with Crippen molar-refractivity contribution in [3.8, 4) is 17.2 Å². The quantitative estimate of drug-likeness (QED) is 0.392. The van der Waals surface area contributed by atoms with Gasteiger partial charge in [0.1, 0.15) is 19.0 Å². The number of aryl methyl sites for hydroxylation is 1. The Kier molecular flexibility index (Phi) is 8.12. The minimum Gasteiger partial charge on any atom is -0.495 e. The van der Waals surface area contributed by atoms with Gasteiger partial charge in [-0.2, -0.15) is 0 Å². The Bertz CT molecular complexity index is 1120. The van der Waals surface area contributed by atoms with E-state index in [1.165, 1.54) is 25.3 Å². The Labute approximate surface area is 192 Å². The maximum absolute atomic E-state index is 12.4. The summed E-state index contributed by atoms with van der Waals surface area (Å²) >= 11 is 0. The van der Waals surface area contributed by atoms with E-state index in [2.05, 4.69) is 10.0 Å². The van der Waals surface area contributed by atoms with Crippen LogP contribution in [-0.2, 0) is 24.3 Å². The van der Waals surface area contributed by atoms with Crippen molar-refractivity contribution in [1.82, 2.24) is 4.72 Å². The number of rotatable bonds is 10. The van der Waals surface area contributed by atoms with Gasteiger partial charge in [0.2, 0.25) is 10.0 Å². The molecule has 0 saturated carbocycles. The SMILES string of the molecule is COc1ccc(C)cc1NC(=O)COC(=O)CCCNS(=O)(=O)c1ccc2c(c1)OCCO2. The zero-order valence-corrected chi connectivity index (χ0v) is 19.2. The standard InChI is InChI=1S/C22H26N2O8S/c1-15-5-7-18(29-2)17(12-15)24-21(25)14-32-22(26)4-3-9-23-33(27,28)16-6-8-19-20(13-16)31-11-10-30-19/h5-8,12-13,23H,3-4,9-11,14H2,1-2H3,(H,24,25). The number of methoxy groups -OCH3 is 1. The van der Waals surface area contributed by atoms with Crippen molar-refractivity contribution in [2.75, 3.05) is 38.8 Å². The molecule has 178 valence electrons. The summed E-state index contributed by atoms with van der Waals surface area (Å²) in [5, 5.41) is 2.63. The van der Waals surface area contributed by atoms with Crippen LogP contribution in [0.1, 0.15) is 18.4 Å². The van der Waals surface area contributed by atoms with Gasteiger partial charge in [0.05, 0.1) is 17.7 Å². The first-order chi connectivity index (χ1) is 15.8. The maximum Gasteiger partial charge on any atom is 0.306 e. The molecule has 0 spiro atoms. The summed E-state index contributed by atoms with van der Waals surface area (Å²) < 4.78 is 48.2. The largest absolute Gasteiger partial charge is 0.495 e. The molecule has 2 aromatic carbocycles. The highest BCUT2D eigenvalue weighted by atomic mass is 32.2. The molecule has 0 radical (unpaired) electrons. The van der Waals surface area contributed by atoms with Crippen LogP contribution in [0.15, 0.2) is 41.3 Å². The van der Waals surface area contributed by atoms with Gasteiger partial charge >= 0.3 is 5.97 Å². The third-order valence-electron chi connectivity index (χ3n) is 4.67. The molecule has 3 rings (SSSR count). The fraction of sp³-hybridized carbons (Fsp3) is 0.364. The molecule has 1 aliphatic rings. The number of fused-ring (bicyclic) bond motifs is 1. The molecule has 0 fully saturated rings. The number of amides is 1. The molecule has 0 aliphatic carbocycles. The molecule has 0 unspecified atom stereocenters. The molecule has 33 heavy (non-hydrogen) atoms. The first kappa shape index (κ1) is 24.3. The molecular weight excluding hydrogens is 452 g/mol. The number of carbonyl (C=O) groups is 2. The minimum absolute atomic E-state index is 0.0264. The van der Waals surface area contributed by atoms with Gasteiger partial charge in [-0.15, -0.1) is 0 Å². The van der Waals surface area contributed by atoms with Crippen LogP contribution < -0.4 is 24.2 Å². The van der Waals surface area contributed by atoms with Gasteiger partial charge in [-0.25, -0.2) is 13.1 Å². The van der Waals surface area contributed by atoms with Gasteiger partial charge in [-0.3, -0.25) is 9.59 Å². The van der Waals surface area contributed by atoms with Crippen LogP contribution in [0.4, 0.5) is 5.69 Å². The van der Waals surface area contributed by atoms with Crippen molar-refractivity contribution in [2.24, 2.45) is 0 Å². The third kappa shape index (κ3) is 6.83.